The van der Waals surface area contributed by atoms with E-state index in [0.29, 0.717) is 37.4 Å². The van der Waals surface area contributed by atoms with Crippen molar-refractivity contribution in [3.05, 3.63) is 47.2 Å². The van der Waals surface area contributed by atoms with Crippen LogP contribution in [0.25, 0.3) is 11.1 Å². The van der Waals surface area contributed by atoms with Gasteiger partial charge in [-0.25, -0.2) is 13.2 Å². The number of carbonyl (C=O) groups excluding carboxylic acids is 1. The van der Waals surface area contributed by atoms with Gasteiger partial charge in [0.25, 0.3) is 6.43 Å². The van der Waals surface area contributed by atoms with Gasteiger partial charge >= 0.3 is 0 Å². The summed E-state index contributed by atoms with van der Waals surface area (Å²) in [5.74, 6) is -0.369. The van der Waals surface area contributed by atoms with Crippen LogP contribution in [0.4, 0.5) is 24.7 Å². The number of halogens is 3. The fraction of sp³-hybridized carbons (Fsp3) is 0.435. The van der Waals surface area contributed by atoms with Gasteiger partial charge in [-0.15, -0.1) is 0 Å². The smallest absolute Gasteiger partial charge is 0.264 e. The van der Waals surface area contributed by atoms with Crippen molar-refractivity contribution < 1.29 is 18.0 Å². The van der Waals surface area contributed by atoms with Crippen LogP contribution in [0.2, 0.25) is 0 Å². The number of aromatic nitrogens is 4. The Labute approximate surface area is 191 Å². The minimum absolute atomic E-state index is 0.0622. The Morgan fingerprint density at radius 1 is 1.27 bits per heavy atom. The first-order valence-electron chi connectivity index (χ1n) is 11.0. The van der Waals surface area contributed by atoms with Crippen LogP contribution in [-0.2, 0) is 31.4 Å². The number of fused-ring (bicyclic) bond motifs is 1. The fourth-order valence-electron chi connectivity index (χ4n) is 3.93. The van der Waals surface area contributed by atoms with Gasteiger partial charge in [0.15, 0.2) is 5.82 Å². The molecule has 0 unspecified atom stereocenters. The summed E-state index contributed by atoms with van der Waals surface area (Å²) >= 11 is 0. The van der Waals surface area contributed by atoms with Gasteiger partial charge in [-0.3, -0.25) is 14.2 Å². The highest BCUT2D eigenvalue weighted by atomic mass is 19.3. The van der Waals surface area contributed by atoms with E-state index in [9.17, 15) is 18.0 Å². The van der Waals surface area contributed by atoms with Gasteiger partial charge < -0.3 is 10.2 Å². The zero-order chi connectivity index (χ0) is 24.3. The Hall–Kier alpha value is -3.30. The van der Waals surface area contributed by atoms with Gasteiger partial charge in [-0.05, 0) is 24.6 Å². The zero-order valence-electron chi connectivity index (χ0n) is 19.5. The van der Waals surface area contributed by atoms with Crippen molar-refractivity contribution in [2.24, 2.45) is 7.05 Å². The number of carbonyl (C=O) groups is 1. The molecule has 1 aliphatic heterocycles. The number of rotatable bonds is 5. The molecule has 10 heteroatoms. The second-order valence-corrected chi connectivity index (χ2v) is 7.53. The van der Waals surface area contributed by atoms with Crippen molar-refractivity contribution >= 4 is 17.4 Å². The monoisotopic (exact) mass is 462 g/mol. The van der Waals surface area contributed by atoms with Crippen molar-refractivity contribution in [3.8, 4) is 11.1 Å². The highest BCUT2D eigenvalue weighted by Crippen LogP contribution is 2.37. The summed E-state index contributed by atoms with van der Waals surface area (Å²) in [7, 11) is 1.66. The van der Waals surface area contributed by atoms with Gasteiger partial charge in [0, 0.05) is 62.1 Å². The molecule has 0 atom stereocenters. The molecule has 0 fully saturated rings. The van der Waals surface area contributed by atoms with E-state index >= 15 is 0 Å². The van der Waals surface area contributed by atoms with Crippen LogP contribution in [0, 0.1) is 5.82 Å². The van der Waals surface area contributed by atoms with Crippen LogP contribution in [0.5, 0.6) is 0 Å². The van der Waals surface area contributed by atoms with E-state index in [4.69, 9.17) is 0 Å². The van der Waals surface area contributed by atoms with Gasteiger partial charge in [-0.1, -0.05) is 13.8 Å². The van der Waals surface area contributed by atoms with E-state index in [2.05, 4.69) is 15.5 Å². The summed E-state index contributed by atoms with van der Waals surface area (Å²) in [5.41, 5.74) is 1.85. The van der Waals surface area contributed by atoms with Crippen LogP contribution >= 0.6 is 0 Å². The van der Waals surface area contributed by atoms with Crippen molar-refractivity contribution in [2.45, 2.75) is 53.6 Å². The number of benzene rings is 1. The standard InChI is InChI=1S/C21H23F3N6O.C2H6/c1-4-30-19-5-6-29(12(2)31)11-16(19)21(27-30)26-18-8-15(20(23)24)14(7-17(18)22)13-9-25-28(3)10-13;1-2/h7-10,20H,4-6,11H2,1-3H3,(H,26,27);1-2H3. The summed E-state index contributed by atoms with van der Waals surface area (Å²) in [5, 5.41) is 11.4. The molecule has 7 nitrogen and oxygen atoms in total. The molecule has 4 rings (SSSR count). The van der Waals surface area contributed by atoms with E-state index in [1.807, 2.05) is 20.8 Å². The maximum Gasteiger partial charge on any atom is 0.264 e. The second-order valence-electron chi connectivity index (χ2n) is 7.53. The normalized spacial score (nSPS) is 12.9. The quantitative estimate of drug-likeness (QED) is 0.576. The molecule has 33 heavy (non-hydrogen) atoms. The first-order chi connectivity index (χ1) is 15.8. The van der Waals surface area contributed by atoms with Crippen LogP contribution in [0.1, 0.15) is 50.9 Å². The number of hydrogen-bond donors (Lipinski definition) is 1. The number of aryl methyl sites for hydroxylation is 2. The maximum atomic E-state index is 15.0. The second kappa shape index (κ2) is 10.1. The minimum atomic E-state index is -2.80. The Morgan fingerprint density at radius 2 is 2.00 bits per heavy atom. The first-order valence-corrected chi connectivity index (χ1v) is 11.0. The Bertz CT molecular complexity index is 1140. The summed E-state index contributed by atoms with van der Waals surface area (Å²) in [6.45, 7) is 8.96. The van der Waals surface area contributed by atoms with Gasteiger partial charge in [0.05, 0.1) is 18.4 Å². The first kappa shape index (κ1) is 24.3. The Kier molecular flexibility index (Phi) is 7.45. The predicted octanol–water partition coefficient (Wildman–Crippen LogP) is 5.05. The van der Waals surface area contributed by atoms with Gasteiger partial charge in [0.2, 0.25) is 5.91 Å². The van der Waals surface area contributed by atoms with E-state index < -0.39 is 12.2 Å². The number of amides is 1. The Balaban J connectivity index is 0.00000149. The summed E-state index contributed by atoms with van der Waals surface area (Å²) in [6, 6.07) is 2.21. The van der Waals surface area contributed by atoms with E-state index in [-0.39, 0.29) is 22.7 Å². The maximum absolute atomic E-state index is 15.0. The molecular weight excluding hydrogens is 433 g/mol. The average molecular weight is 463 g/mol. The molecule has 0 aliphatic carbocycles. The molecule has 3 aromatic rings. The van der Waals surface area contributed by atoms with Crippen molar-refractivity contribution in [3.63, 3.8) is 0 Å². The van der Waals surface area contributed by atoms with E-state index in [1.165, 1.54) is 17.8 Å². The molecule has 0 saturated heterocycles. The molecule has 0 bridgehead atoms. The van der Waals surface area contributed by atoms with Crippen molar-refractivity contribution in [1.29, 1.82) is 0 Å². The van der Waals surface area contributed by atoms with Crippen molar-refractivity contribution in [2.75, 3.05) is 11.9 Å². The molecule has 1 aliphatic rings. The van der Waals surface area contributed by atoms with Crippen LogP contribution < -0.4 is 5.32 Å². The molecule has 178 valence electrons. The predicted molar refractivity (Wildman–Crippen MR) is 121 cm³/mol. The third kappa shape index (κ3) is 4.89. The number of nitrogens with zero attached hydrogens (tertiary/aromatic N) is 5. The fourth-order valence-corrected chi connectivity index (χ4v) is 3.93. The lowest BCUT2D eigenvalue weighted by atomic mass is 10.0. The highest BCUT2D eigenvalue weighted by molar-refractivity contribution is 5.75. The molecule has 0 radical (unpaired) electrons. The molecule has 3 heterocycles. The molecule has 2 aromatic heterocycles. The molecular formula is C23H29F3N6O. The number of anilines is 2. The molecule has 0 saturated carbocycles. The summed E-state index contributed by atoms with van der Waals surface area (Å²) in [4.78, 5) is 13.5. The van der Waals surface area contributed by atoms with Crippen LogP contribution in [-0.4, -0.2) is 36.9 Å². The lowest BCUT2D eigenvalue weighted by Crippen LogP contribution is -2.34. The third-order valence-corrected chi connectivity index (χ3v) is 5.52. The molecule has 1 amide bonds. The third-order valence-electron chi connectivity index (χ3n) is 5.52. The van der Waals surface area contributed by atoms with Gasteiger partial charge in [-0.2, -0.15) is 10.2 Å². The number of nitrogens with one attached hydrogen (secondary N) is 1. The summed E-state index contributed by atoms with van der Waals surface area (Å²) < 4.78 is 45.8. The summed E-state index contributed by atoms with van der Waals surface area (Å²) in [6.07, 6.45) is 0.807. The Morgan fingerprint density at radius 3 is 2.58 bits per heavy atom. The molecule has 1 aromatic carbocycles. The zero-order valence-corrected chi connectivity index (χ0v) is 19.5. The number of alkyl halides is 2. The largest absolute Gasteiger partial charge is 0.338 e. The molecule has 1 N–H and O–H groups in total. The van der Waals surface area contributed by atoms with E-state index in [0.717, 1.165) is 23.4 Å². The minimum Gasteiger partial charge on any atom is -0.338 e. The number of hydrogen-bond acceptors (Lipinski definition) is 4. The van der Waals surface area contributed by atoms with Crippen LogP contribution in [0.15, 0.2) is 24.5 Å². The average Bonchev–Trinajstić information content (AvgIpc) is 3.39. The lowest BCUT2D eigenvalue weighted by molar-refractivity contribution is -0.129. The topological polar surface area (TPSA) is 68.0 Å². The highest BCUT2D eigenvalue weighted by Gasteiger charge is 2.27. The molecule has 0 spiro atoms. The van der Waals surface area contributed by atoms with Gasteiger partial charge in [0.1, 0.15) is 5.82 Å². The van der Waals surface area contributed by atoms with Crippen molar-refractivity contribution in [1.82, 2.24) is 24.5 Å². The SMILES string of the molecule is CC.CCn1nc(Nc2cc(C(F)F)c(-c3cnn(C)c3)cc2F)c2c1CCN(C(C)=O)C2. The van der Waals surface area contributed by atoms with Crippen LogP contribution in [0.3, 0.4) is 0 Å². The van der Waals surface area contributed by atoms with E-state index in [1.54, 1.807) is 22.8 Å². The lowest BCUT2D eigenvalue weighted by Gasteiger charge is -2.26.